The molecule has 6 nitrogen and oxygen atoms in total. The van der Waals surface area contributed by atoms with Crippen molar-refractivity contribution in [3.63, 3.8) is 0 Å². The third-order valence-corrected chi connectivity index (χ3v) is 9.23. The number of nitrogens with zero attached hydrogens (tertiary/aromatic N) is 1. The van der Waals surface area contributed by atoms with Crippen LogP contribution in [-0.4, -0.2) is 24.6 Å². The van der Waals surface area contributed by atoms with Crippen LogP contribution in [0.15, 0.2) is 97.1 Å². The van der Waals surface area contributed by atoms with Crippen LogP contribution in [0.3, 0.4) is 0 Å². The minimum absolute atomic E-state index is 0.0943. The molecule has 1 saturated heterocycles. The molecular formula is C33H24N2O4. The molecule has 1 N–H and O–H groups in total. The zero-order valence-corrected chi connectivity index (χ0v) is 21.1. The van der Waals surface area contributed by atoms with Crippen molar-refractivity contribution in [3.05, 3.63) is 125 Å². The van der Waals surface area contributed by atoms with Gasteiger partial charge >= 0.3 is 0 Å². The summed E-state index contributed by atoms with van der Waals surface area (Å²) < 4.78 is 5.43. The second kappa shape index (κ2) is 7.67. The fourth-order valence-electron chi connectivity index (χ4n) is 7.83. The predicted octanol–water partition coefficient (Wildman–Crippen LogP) is 5.51. The smallest absolute Gasteiger partial charge is 0.236 e. The van der Waals surface area contributed by atoms with Crippen molar-refractivity contribution in [2.75, 3.05) is 17.3 Å². The molecule has 4 atom stereocenters. The summed E-state index contributed by atoms with van der Waals surface area (Å²) in [4.78, 5) is 45.5. The summed E-state index contributed by atoms with van der Waals surface area (Å²) in [6.07, 6.45) is 0. The first-order valence-electron chi connectivity index (χ1n) is 13.2. The average molecular weight is 513 g/mol. The maximum Gasteiger partial charge on any atom is 0.236 e. The molecule has 39 heavy (non-hydrogen) atoms. The van der Waals surface area contributed by atoms with Gasteiger partial charge in [0, 0.05) is 22.5 Å². The molecule has 2 heterocycles. The van der Waals surface area contributed by atoms with Crippen molar-refractivity contribution in [1.29, 1.82) is 0 Å². The topological polar surface area (TPSA) is 75.7 Å². The van der Waals surface area contributed by atoms with Gasteiger partial charge in [-0.25, -0.2) is 0 Å². The highest BCUT2D eigenvalue weighted by Gasteiger charge is 2.73. The first kappa shape index (κ1) is 22.3. The number of benzene rings is 4. The number of amides is 1. The minimum atomic E-state index is -1.35. The first-order valence-corrected chi connectivity index (χ1v) is 13.2. The Morgan fingerprint density at radius 3 is 1.82 bits per heavy atom. The number of anilines is 2. The molecule has 4 aromatic rings. The summed E-state index contributed by atoms with van der Waals surface area (Å²) in [6, 6.07) is 29.7. The molecule has 8 rings (SSSR count). The maximum absolute atomic E-state index is 14.5. The van der Waals surface area contributed by atoms with Crippen molar-refractivity contribution in [1.82, 2.24) is 0 Å². The molecule has 6 heteroatoms. The number of nitrogens with one attached hydrogen (secondary N) is 1. The maximum atomic E-state index is 14.5. The van der Waals surface area contributed by atoms with Crippen LogP contribution in [-0.2, 0) is 10.2 Å². The van der Waals surface area contributed by atoms with Gasteiger partial charge in [0.1, 0.15) is 11.2 Å². The molecule has 2 aliphatic carbocycles. The number of ether oxygens (including phenoxy) is 1. The first-order chi connectivity index (χ1) is 19.1. The number of Topliss-reactive ketones (excluding diaryl/α,β-unsaturated/α-hetero) is 2. The number of fused-ring (bicyclic) bond motifs is 10. The van der Waals surface area contributed by atoms with E-state index < -0.39 is 29.3 Å². The third-order valence-electron chi connectivity index (χ3n) is 9.23. The Morgan fingerprint density at radius 1 is 0.692 bits per heavy atom. The van der Waals surface area contributed by atoms with E-state index in [0.29, 0.717) is 16.8 Å². The molecule has 2 aliphatic heterocycles. The van der Waals surface area contributed by atoms with E-state index in [1.54, 1.807) is 7.11 Å². The number of methoxy groups -OCH3 is 1. The van der Waals surface area contributed by atoms with E-state index in [9.17, 15) is 14.4 Å². The van der Waals surface area contributed by atoms with Gasteiger partial charge in [0.05, 0.1) is 31.0 Å². The lowest BCUT2D eigenvalue weighted by Gasteiger charge is -2.54. The van der Waals surface area contributed by atoms with Crippen molar-refractivity contribution in [3.8, 4) is 5.75 Å². The second-order valence-corrected chi connectivity index (χ2v) is 10.7. The van der Waals surface area contributed by atoms with Crippen LogP contribution in [0.4, 0.5) is 11.4 Å². The molecule has 1 fully saturated rings. The van der Waals surface area contributed by atoms with E-state index in [2.05, 4.69) is 10.2 Å². The summed E-state index contributed by atoms with van der Waals surface area (Å²) in [5.41, 5.74) is 3.93. The largest absolute Gasteiger partial charge is 0.497 e. The number of carbonyl (C=O) groups excluding carboxylic acids is 3. The Labute approximate surface area is 225 Å². The number of piperidine rings is 1. The van der Waals surface area contributed by atoms with E-state index in [1.165, 1.54) is 0 Å². The van der Waals surface area contributed by atoms with Crippen molar-refractivity contribution in [2.45, 2.75) is 17.5 Å². The number of ketones is 2. The Kier molecular flexibility index (Phi) is 4.38. The second-order valence-electron chi connectivity index (χ2n) is 10.7. The normalized spacial score (nSPS) is 27.5. The van der Waals surface area contributed by atoms with Crippen LogP contribution in [0.5, 0.6) is 5.75 Å². The van der Waals surface area contributed by atoms with Crippen molar-refractivity contribution in [2.24, 2.45) is 11.8 Å². The lowest BCUT2D eigenvalue weighted by molar-refractivity contribution is -0.125. The number of para-hydroxylation sites is 1. The zero-order valence-electron chi connectivity index (χ0n) is 21.1. The van der Waals surface area contributed by atoms with Gasteiger partial charge in [0.15, 0.2) is 11.6 Å². The van der Waals surface area contributed by atoms with Crippen LogP contribution in [0.25, 0.3) is 0 Å². The summed E-state index contributed by atoms with van der Waals surface area (Å²) in [5.74, 6) is -1.30. The fourth-order valence-corrected chi connectivity index (χ4v) is 7.83. The Balaban J connectivity index is 1.49. The van der Waals surface area contributed by atoms with Gasteiger partial charge in [-0.05, 0) is 47.0 Å². The van der Waals surface area contributed by atoms with E-state index in [1.807, 2.05) is 97.1 Å². The fraction of sp³-hybridized carbons (Fsp3) is 0.182. The summed E-state index contributed by atoms with van der Waals surface area (Å²) >= 11 is 0. The highest BCUT2D eigenvalue weighted by molar-refractivity contribution is 6.19. The Morgan fingerprint density at radius 2 is 1.23 bits per heavy atom. The van der Waals surface area contributed by atoms with E-state index in [-0.39, 0.29) is 17.5 Å². The summed E-state index contributed by atoms with van der Waals surface area (Å²) in [6.45, 7) is 0. The molecule has 4 aromatic carbocycles. The van der Waals surface area contributed by atoms with Gasteiger partial charge in [-0.15, -0.1) is 0 Å². The standard InChI is InChI=1S/C33H24N2O4/c1-39-19-16-14-18(15-17-19)35-28-20-8-2-4-10-22(20)30(36)26(28)33(24-12-6-7-13-25(24)34-32(33)38)27-29(35)21-9-3-5-11-23(21)31(27)37/h2-17,26-29H,1H3,(H,34,38). The van der Waals surface area contributed by atoms with E-state index in [0.717, 1.165) is 28.1 Å². The van der Waals surface area contributed by atoms with Gasteiger partial charge in [0.2, 0.25) is 5.91 Å². The predicted molar refractivity (Wildman–Crippen MR) is 146 cm³/mol. The number of rotatable bonds is 2. The zero-order chi connectivity index (χ0) is 26.5. The van der Waals surface area contributed by atoms with Crippen LogP contribution in [0.1, 0.15) is 49.5 Å². The lowest BCUT2D eigenvalue weighted by Crippen LogP contribution is -2.62. The number of carbonyl (C=O) groups is 3. The molecule has 0 radical (unpaired) electrons. The van der Waals surface area contributed by atoms with Crippen LogP contribution in [0.2, 0.25) is 0 Å². The minimum Gasteiger partial charge on any atom is -0.497 e. The molecule has 0 aromatic heterocycles. The highest BCUT2D eigenvalue weighted by atomic mass is 16.5. The molecule has 0 bridgehead atoms. The van der Waals surface area contributed by atoms with Gasteiger partial charge in [-0.1, -0.05) is 66.7 Å². The number of hydrogen-bond donors (Lipinski definition) is 1. The van der Waals surface area contributed by atoms with Crippen LogP contribution in [0, 0.1) is 11.8 Å². The quantitative estimate of drug-likeness (QED) is 0.383. The van der Waals surface area contributed by atoms with E-state index in [4.69, 9.17) is 4.74 Å². The molecule has 0 saturated carbocycles. The average Bonchev–Trinajstić information content (AvgIpc) is 3.56. The van der Waals surface area contributed by atoms with Crippen LogP contribution >= 0.6 is 0 Å². The lowest BCUT2D eigenvalue weighted by atomic mass is 9.55. The molecule has 1 spiro atoms. The molecule has 190 valence electrons. The van der Waals surface area contributed by atoms with Gasteiger partial charge in [-0.2, -0.15) is 0 Å². The molecular weight excluding hydrogens is 488 g/mol. The monoisotopic (exact) mass is 512 g/mol. The molecule has 4 unspecified atom stereocenters. The van der Waals surface area contributed by atoms with Crippen molar-refractivity contribution >= 4 is 28.8 Å². The van der Waals surface area contributed by atoms with Crippen LogP contribution < -0.4 is 15.0 Å². The SMILES string of the molecule is COc1ccc(N2C3c4ccccc4C(=O)C3C3(C(=O)Nc4ccccc43)C3C(=O)c4ccccc4C32)cc1. The summed E-state index contributed by atoms with van der Waals surface area (Å²) in [7, 11) is 1.62. The van der Waals surface area contributed by atoms with Gasteiger partial charge in [-0.3, -0.25) is 14.4 Å². The van der Waals surface area contributed by atoms with E-state index >= 15 is 0 Å². The van der Waals surface area contributed by atoms with Gasteiger partial charge in [0.25, 0.3) is 0 Å². The third kappa shape index (κ3) is 2.58. The molecule has 4 aliphatic rings. The molecule has 1 amide bonds. The summed E-state index contributed by atoms with van der Waals surface area (Å²) in [5, 5.41) is 3.07. The Bertz CT molecular complexity index is 1650. The number of hydrogen-bond acceptors (Lipinski definition) is 5. The Hall–Kier alpha value is -4.71. The van der Waals surface area contributed by atoms with Gasteiger partial charge < -0.3 is 15.0 Å². The highest BCUT2D eigenvalue weighted by Crippen LogP contribution is 2.67. The van der Waals surface area contributed by atoms with Crippen molar-refractivity contribution < 1.29 is 19.1 Å².